The Bertz CT molecular complexity index is 745. The number of ether oxygens (including phenoxy) is 1. The van der Waals surface area contributed by atoms with Crippen LogP contribution in [0, 0.1) is 13.8 Å². The summed E-state index contributed by atoms with van der Waals surface area (Å²) in [6.07, 6.45) is 5.93. The maximum atomic E-state index is 11.5. The number of carbonyl (C=O) groups excluding carboxylic acids is 3. The van der Waals surface area contributed by atoms with Gasteiger partial charge < -0.3 is 15.8 Å². The molecule has 0 saturated carbocycles. The van der Waals surface area contributed by atoms with Crippen molar-refractivity contribution >= 4 is 23.5 Å². The van der Waals surface area contributed by atoms with Gasteiger partial charge in [-0.25, -0.2) is 4.79 Å². The van der Waals surface area contributed by atoms with Crippen LogP contribution in [-0.4, -0.2) is 28.7 Å². The number of nitrogen functional groups attached to an aromatic ring is 1. The summed E-state index contributed by atoms with van der Waals surface area (Å²) in [6, 6.07) is 7.54. The van der Waals surface area contributed by atoms with Gasteiger partial charge in [0.05, 0.1) is 35.9 Å². The molecule has 3 N–H and O–H groups in total. The van der Waals surface area contributed by atoms with Crippen LogP contribution in [0.2, 0.25) is 0 Å². The highest BCUT2D eigenvalue weighted by Gasteiger charge is 2.07. The molecule has 0 saturated heterocycles. The minimum atomic E-state index is -0.275. The van der Waals surface area contributed by atoms with Crippen LogP contribution in [0.3, 0.4) is 0 Å². The van der Waals surface area contributed by atoms with E-state index in [1.807, 2.05) is 45.0 Å². The fourth-order valence-electron chi connectivity index (χ4n) is 1.73. The van der Waals surface area contributed by atoms with Gasteiger partial charge in [0, 0.05) is 17.6 Å². The van der Waals surface area contributed by atoms with Crippen molar-refractivity contribution in [1.29, 1.82) is 0 Å². The summed E-state index contributed by atoms with van der Waals surface area (Å²) >= 11 is 0. The molecular formula is C20H26N4O4. The number of nitrogens with two attached hydrogens (primary N) is 1. The lowest BCUT2D eigenvalue weighted by Crippen LogP contribution is -2.08. The van der Waals surface area contributed by atoms with Gasteiger partial charge in [-0.15, -0.1) is 0 Å². The number of pyridine rings is 2. The second-order valence-electron chi connectivity index (χ2n) is 5.39. The van der Waals surface area contributed by atoms with Crippen LogP contribution >= 0.6 is 0 Å². The molecule has 2 rings (SSSR count). The number of rotatable bonds is 5. The maximum absolute atomic E-state index is 11.5. The van der Waals surface area contributed by atoms with Crippen LogP contribution in [-0.2, 0) is 19.1 Å². The molecule has 2 heterocycles. The highest BCUT2D eigenvalue weighted by molar-refractivity contribution is 5.88. The van der Waals surface area contributed by atoms with Crippen LogP contribution in [0.4, 0.5) is 11.4 Å². The van der Waals surface area contributed by atoms with E-state index in [4.69, 9.17) is 20.1 Å². The summed E-state index contributed by atoms with van der Waals surface area (Å²) in [5.74, 6) is -0.275. The zero-order valence-electron chi connectivity index (χ0n) is 16.6. The Hall–Kier alpha value is -3.51. The molecule has 2 aromatic rings. The highest BCUT2D eigenvalue weighted by atomic mass is 16.5. The first kappa shape index (κ1) is 24.5. The Morgan fingerprint density at radius 2 is 1.68 bits per heavy atom. The SMILES string of the molecule is CCOC(=O)/C(=C/Nc1ccc(C)nc1)CC.Cc1ccc(N)cn1.O=C=O. The minimum Gasteiger partial charge on any atom is -0.463 e. The van der Waals surface area contributed by atoms with Gasteiger partial charge >= 0.3 is 12.1 Å². The van der Waals surface area contributed by atoms with Crippen molar-refractivity contribution in [2.75, 3.05) is 17.7 Å². The van der Waals surface area contributed by atoms with E-state index in [-0.39, 0.29) is 12.1 Å². The van der Waals surface area contributed by atoms with Crippen LogP contribution < -0.4 is 11.1 Å². The number of nitrogens with zero attached hydrogens (tertiary/aromatic N) is 2. The normalized spacial score (nSPS) is 9.64. The lowest BCUT2D eigenvalue weighted by molar-refractivity contribution is -0.191. The van der Waals surface area contributed by atoms with E-state index in [1.165, 1.54) is 0 Å². The van der Waals surface area contributed by atoms with E-state index in [1.54, 1.807) is 25.5 Å². The Kier molecular flexibility index (Phi) is 12.8. The molecule has 0 fully saturated rings. The van der Waals surface area contributed by atoms with Gasteiger partial charge in [0.2, 0.25) is 0 Å². The quantitative estimate of drug-likeness (QED) is 0.593. The van der Waals surface area contributed by atoms with E-state index >= 15 is 0 Å². The molecule has 0 atom stereocenters. The molecule has 0 aliphatic carbocycles. The van der Waals surface area contributed by atoms with E-state index in [0.717, 1.165) is 22.8 Å². The Morgan fingerprint density at radius 3 is 2.07 bits per heavy atom. The number of esters is 1. The summed E-state index contributed by atoms with van der Waals surface area (Å²) in [6.45, 7) is 7.96. The number of hydrogen-bond donors (Lipinski definition) is 2. The predicted octanol–water partition coefficient (Wildman–Crippen LogP) is 3.05. The zero-order chi connectivity index (χ0) is 21.4. The van der Waals surface area contributed by atoms with E-state index in [0.29, 0.717) is 18.6 Å². The Balaban J connectivity index is 0.000000547. The average Bonchev–Trinajstić information content (AvgIpc) is 2.67. The van der Waals surface area contributed by atoms with Crippen LogP contribution in [0.1, 0.15) is 31.7 Å². The second kappa shape index (κ2) is 14.6. The molecule has 0 aliphatic heterocycles. The molecule has 0 unspecified atom stereocenters. The van der Waals surface area contributed by atoms with Crippen LogP contribution in [0.15, 0.2) is 48.4 Å². The van der Waals surface area contributed by atoms with Crippen molar-refractivity contribution in [3.8, 4) is 0 Å². The van der Waals surface area contributed by atoms with Gasteiger partial charge in [-0.1, -0.05) is 6.92 Å². The average molecular weight is 386 g/mol. The van der Waals surface area contributed by atoms with Crippen molar-refractivity contribution < 1.29 is 19.1 Å². The standard InChI is InChI=1S/C13H18N2O2.C6H8N2.CO2/c1-4-11(13(16)17-5-2)8-15-12-7-6-10(3)14-9-12;1-5-2-3-6(7)4-8-5;2-1-3/h6-9,15H,4-5H2,1-3H3;2-4H,7H2,1H3;/b11-8+;;. The smallest absolute Gasteiger partial charge is 0.373 e. The number of carbonyl (C=O) groups is 1. The van der Waals surface area contributed by atoms with Crippen LogP contribution in [0.25, 0.3) is 0 Å². The third-order valence-corrected chi connectivity index (χ3v) is 3.18. The van der Waals surface area contributed by atoms with Gasteiger partial charge in [-0.2, -0.15) is 9.59 Å². The first-order valence-corrected chi connectivity index (χ1v) is 8.60. The van der Waals surface area contributed by atoms with E-state index in [2.05, 4.69) is 15.3 Å². The summed E-state index contributed by atoms with van der Waals surface area (Å²) in [4.78, 5) is 35.9. The molecule has 2 aromatic heterocycles. The Morgan fingerprint density at radius 1 is 1.11 bits per heavy atom. The lowest BCUT2D eigenvalue weighted by Gasteiger charge is -2.06. The van der Waals surface area contributed by atoms with Crippen LogP contribution in [0.5, 0.6) is 0 Å². The summed E-state index contributed by atoms with van der Waals surface area (Å²) in [7, 11) is 0. The maximum Gasteiger partial charge on any atom is 0.373 e. The van der Waals surface area contributed by atoms with Crippen molar-refractivity contribution in [2.24, 2.45) is 0 Å². The third-order valence-electron chi connectivity index (χ3n) is 3.18. The molecule has 0 aliphatic rings. The summed E-state index contributed by atoms with van der Waals surface area (Å²) in [5.41, 5.74) is 9.51. The minimum absolute atomic E-state index is 0.250. The summed E-state index contributed by atoms with van der Waals surface area (Å²) < 4.78 is 4.94. The number of hydrogen-bond acceptors (Lipinski definition) is 8. The molecule has 0 radical (unpaired) electrons. The molecule has 8 nitrogen and oxygen atoms in total. The van der Waals surface area contributed by atoms with Crippen molar-refractivity contribution in [1.82, 2.24) is 9.97 Å². The topological polar surface area (TPSA) is 124 Å². The number of aromatic nitrogens is 2. The number of aryl methyl sites for hydroxylation is 2. The van der Waals surface area contributed by atoms with Gasteiger partial charge in [-0.05, 0) is 51.5 Å². The fraction of sp³-hybridized carbons (Fsp3) is 0.300. The van der Waals surface area contributed by atoms with Gasteiger partial charge in [0.25, 0.3) is 0 Å². The van der Waals surface area contributed by atoms with Gasteiger partial charge in [0.1, 0.15) is 0 Å². The first-order valence-electron chi connectivity index (χ1n) is 8.60. The van der Waals surface area contributed by atoms with Crippen molar-refractivity contribution in [2.45, 2.75) is 34.1 Å². The molecule has 0 spiro atoms. The Labute approximate surface area is 164 Å². The van der Waals surface area contributed by atoms with E-state index < -0.39 is 0 Å². The monoisotopic (exact) mass is 386 g/mol. The van der Waals surface area contributed by atoms with Gasteiger partial charge in [0.15, 0.2) is 0 Å². The van der Waals surface area contributed by atoms with Crippen molar-refractivity contribution in [3.63, 3.8) is 0 Å². The fourth-order valence-corrected chi connectivity index (χ4v) is 1.73. The summed E-state index contributed by atoms with van der Waals surface area (Å²) in [5, 5.41) is 3.04. The molecule has 28 heavy (non-hydrogen) atoms. The van der Waals surface area contributed by atoms with E-state index in [9.17, 15) is 4.79 Å². The molecule has 0 amide bonds. The molecule has 0 aromatic carbocycles. The molecular weight excluding hydrogens is 360 g/mol. The predicted molar refractivity (Wildman–Crippen MR) is 106 cm³/mol. The highest BCUT2D eigenvalue weighted by Crippen LogP contribution is 2.09. The number of anilines is 2. The van der Waals surface area contributed by atoms with Crippen molar-refractivity contribution in [3.05, 3.63) is 59.8 Å². The second-order valence-corrected chi connectivity index (χ2v) is 5.39. The third kappa shape index (κ3) is 11.2. The number of nitrogens with one attached hydrogen (secondary N) is 1. The molecule has 0 bridgehead atoms. The first-order chi connectivity index (χ1) is 13.4. The largest absolute Gasteiger partial charge is 0.463 e. The molecule has 8 heteroatoms. The molecule has 150 valence electrons. The lowest BCUT2D eigenvalue weighted by atomic mass is 10.2. The van der Waals surface area contributed by atoms with Gasteiger partial charge in [-0.3, -0.25) is 9.97 Å². The zero-order valence-corrected chi connectivity index (χ0v) is 16.6.